The van der Waals surface area contributed by atoms with Crippen molar-refractivity contribution in [3.8, 4) is 5.75 Å². The van der Waals surface area contributed by atoms with Gasteiger partial charge >= 0.3 is 0 Å². The van der Waals surface area contributed by atoms with Gasteiger partial charge in [-0.05, 0) is 44.6 Å². The van der Waals surface area contributed by atoms with Gasteiger partial charge in [0, 0.05) is 54.9 Å². The predicted molar refractivity (Wildman–Crippen MR) is 118 cm³/mol. The zero-order valence-electron chi connectivity index (χ0n) is 17.5. The second-order valence-corrected chi connectivity index (χ2v) is 7.99. The lowest BCUT2D eigenvalue weighted by atomic mass is 10.0. The van der Waals surface area contributed by atoms with Crippen LogP contribution in [0.1, 0.15) is 30.3 Å². The lowest BCUT2D eigenvalue weighted by Gasteiger charge is -2.27. The molecule has 4 heterocycles. The van der Waals surface area contributed by atoms with Gasteiger partial charge in [0.05, 0.1) is 17.6 Å². The molecule has 0 bridgehead atoms. The number of aromatic nitrogens is 3. The number of anilines is 1. The van der Waals surface area contributed by atoms with Crippen LogP contribution >= 0.6 is 0 Å². The van der Waals surface area contributed by atoms with Crippen molar-refractivity contribution in [3.05, 3.63) is 53.7 Å². The first kappa shape index (κ1) is 19.1. The number of hydrogen-bond acceptors (Lipinski definition) is 6. The average Bonchev–Trinajstić information content (AvgIpc) is 3.00. The number of nitrogens with zero attached hydrogens (tertiary/aromatic N) is 5. The van der Waals surface area contributed by atoms with Gasteiger partial charge in [-0.1, -0.05) is 6.92 Å². The highest BCUT2D eigenvalue weighted by Crippen LogP contribution is 2.36. The maximum absolute atomic E-state index is 10.7. The van der Waals surface area contributed by atoms with Crippen LogP contribution in [0.2, 0.25) is 0 Å². The summed E-state index contributed by atoms with van der Waals surface area (Å²) in [7, 11) is 0. The van der Waals surface area contributed by atoms with E-state index in [1.807, 2.05) is 35.9 Å². The molecule has 1 atom stereocenters. The normalized spacial score (nSPS) is 19.9. The van der Waals surface area contributed by atoms with Crippen LogP contribution in [0.5, 0.6) is 5.75 Å². The fourth-order valence-electron chi connectivity index (χ4n) is 4.25. The summed E-state index contributed by atoms with van der Waals surface area (Å²) in [6, 6.07) is 6.26. The van der Waals surface area contributed by atoms with E-state index in [-0.39, 0.29) is 0 Å². The molecule has 2 aliphatic rings. The van der Waals surface area contributed by atoms with Crippen molar-refractivity contribution in [1.29, 1.82) is 0 Å². The Morgan fingerprint density at radius 3 is 2.93 bits per heavy atom. The number of aliphatic hydroxyl groups excluding tert-OH is 1. The summed E-state index contributed by atoms with van der Waals surface area (Å²) in [5.74, 6) is 0.710. The molecule has 2 aromatic heterocycles. The van der Waals surface area contributed by atoms with Crippen molar-refractivity contribution in [3.63, 3.8) is 0 Å². The number of fused-ring (bicyclic) bond motifs is 2. The van der Waals surface area contributed by atoms with Gasteiger partial charge < -0.3 is 24.0 Å². The summed E-state index contributed by atoms with van der Waals surface area (Å²) in [6.07, 6.45) is 7.63. The molecule has 156 valence electrons. The zero-order chi connectivity index (χ0) is 20.7. The number of ether oxygens (including phenoxy) is 1. The lowest BCUT2D eigenvalue weighted by Crippen LogP contribution is -2.30. The first-order valence-corrected chi connectivity index (χ1v) is 10.6. The van der Waals surface area contributed by atoms with Crippen LogP contribution in [0.25, 0.3) is 17.3 Å². The van der Waals surface area contributed by atoms with Crippen molar-refractivity contribution >= 4 is 23.0 Å². The molecule has 1 N–H and O–H groups in total. The maximum Gasteiger partial charge on any atom is 0.226 e. The van der Waals surface area contributed by atoms with E-state index in [1.165, 1.54) is 0 Å². The average molecular weight is 406 g/mol. The van der Waals surface area contributed by atoms with Crippen LogP contribution in [0.3, 0.4) is 0 Å². The Bertz CT molecular complexity index is 1110. The molecule has 0 saturated carbocycles. The Balaban J connectivity index is 1.43. The summed E-state index contributed by atoms with van der Waals surface area (Å²) in [5.41, 5.74) is 5.10. The Hall–Kier alpha value is -2.90. The zero-order valence-corrected chi connectivity index (χ0v) is 17.5. The molecule has 0 aliphatic carbocycles. The number of rotatable bonds is 3. The lowest BCUT2D eigenvalue weighted by molar-refractivity contribution is 0.0318. The summed E-state index contributed by atoms with van der Waals surface area (Å²) in [4.78, 5) is 13.8. The summed E-state index contributed by atoms with van der Waals surface area (Å²) < 4.78 is 7.83. The fourth-order valence-corrected chi connectivity index (χ4v) is 4.25. The van der Waals surface area contributed by atoms with E-state index in [4.69, 9.17) is 4.74 Å². The van der Waals surface area contributed by atoms with E-state index >= 15 is 0 Å². The predicted octanol–water partition coefficient (Wildman–Crippen LogP) is 2.82. The first-order chi connectivity index (χ1) is 14.6. The van der Waals surface area contributed by atoms with E-state index in [9.17, 15) is 5.11 Å². The Morgan fingerprint density at radius 1 is 1.17 bits per heavy atom. The molecule has 5 rings (SSSR count). The highest BCUT2D eigenvalue weighted by molar-refractivity contribution is 5.86. The van der Waals surface area contributed by atoms with Crippen LogP contribution in [0.4, 0.5) is 5.69 Å². The van der Waals surface area contributed by atoms with Crippen molar-refractivity contribution < 1.29 is 9.84 Å². The van der Waals surface area contributed by atoms with Gasteiger partial charge in [0.25, 0.3) is 0 Å². The molecular weight excluding hydrogens is 378 g/mol. The fraction of sp³-hybridized carbons (Fsp3) is 0.391. The second-order valence-electron chi connectivity index (χ2n) is 7.99. The minimum atomic E-state index is -1.05. The highest BCUT2D eigenvalue weighted by Gasteiger charge is 2.25. The molecule has 1 saturated heterocycles. The molecule has 7 nitrogen and oxygen atoms in total. The van der Waals surface area contributed by atoms with Gasteiger partial charge in [-0.15, -0.1) is 0 Å². The standard InChI is InChI=1S/C23H27N5O2/c1-3-26-7-4-8-27(10-9-26)18-6-5-17-11-19(23(29)30-21(17)12-18)20-15-28-14-16(2)24-13-22(28)25-20/h5-6,11-15,23,29H,3-4,7-10H2,1-2H3. The maximum atomic E-state index is 10.7. The van der Waals surface area contributed by atoms with Crippen molar-refractivity contribution in [2.24, 2.45) is 0 Å². The molecule has 1 unspecified atom stereocenters. The quantitative estimate of drug-likeness (QED) is 0.723. The smallest absolute Gasteiger partial charge is 0.226 e. The molecular formula is C23H27N5O2. The molecule has 1 aromatic carbocycles. The molecule has 0 amide bonds. The molecule has 0 radical (unpaired) electrons. The topological polar surface area (TPSA) is 66.1 Å². The molecule has 0 spiro atoms. The number of likely N-dealkylation sites (N-methyl/N-ethyl adjacent to an activating group) is 1. The van der Waals surface area contributed by atoms with Crippen molar-refractivity contribution in [2.75, 3.05) is 37.6 Å². The molecule has 1 fully saturated rings. The number of hydrogen-bond donors (Lipinski definition) is 1. The monoisotopic (exact) mass is 405 g/mol. The third-order valence-corrected chi connectivity index (χ3v) is 5.98. The number of aryl methyl sites for hydroxylation is 1. The van der Waals surface area contributed by atoms with Gasteiger partial charge in [-0.3, -0.25) is 4.98 Å². The summed E-state index contributed by atoms with van der Waals surface area (Å²) >= 11 is 0. The molecule has 3 aromatic rings. The van der Waals surface area contributed by atoms with Crippen LogP contribution in [-0.4, -0.2) is 63.4 Å². The largest absolute Gasteiger partial charge is 0.460 e. The van der Waals surface area contributed by atoms with Crippen LogP contribution in [0.15, 0.2) is 36.8 Å². The van der Waals surface area contributed by atoms with Crippen LogP contribution in [0, 0.1) is 6.92 Å². The second kappa shape index (κ2) is 7.74. The van der Waals surface area contributed by atoms with Crippen molar-refractivity contribution in [2.45, 2.75) is 26.6 Å². The van der Waals surface area contributed by atoms with E-state index in [1.54, 1.807) is 6.20 Å². The SMILES string of the molecule is CCN1CCCN(c2ccc3c(c2)OC(O)C(c2cn4cc(C)ncc4n2)=C3)CC1. The molecule has 7 heteroatoms. The van der Waals surface area contributed by atoms with Gasteiger partial charge in [-0.2, -0.15) is 0 Å². The van der Waals surface area contributed by atoms with Crippen molar-refractivity contribution in [1.82, 2.24) is 19.3 Å². The first-order valence-electron chi connectivity index (χ1n) is 10.6. The van der Waals surface area contributed by atoms with Gasteiger partial charge in [-0.25, -0.2) is 4.98 Å². The van der Waals surface area contributed by atoms with Gasteiger partial charge in [0.1, 0.15) is 5.75 Å². The third kappa shape index (κ3) is 3.55. The summed E-state index contributed by atoms with van der Waals surface area (Å²) in [5, 5.41) is 10.7. The van der Waals surface area contributed by atoms with E-state index in [0.29, 0.717) is 17.0 Å². The van der Waals surface area contributed by atoms with E-state index in [0.717, 1.165) is 61.7 Å². The molecule has 2 aliphatic heterocycles. The Labute approximate surface area is 176 Å². The molecule has 30 heavy (non-hydrogen) atoms. The minimum absolute atomic E-state index is 0.657. The highest BCUT2D eigenvalue weighted by atomic mass is 16.6. The van der Waals surface area contributed by atoms with E-state index in [2.05, 4.69) is 38.8 Å². The van der Waals surface area contributed by atoms with Gasteiger partial charge in [0.2, 0.25) is 6.29 Å². The summed E-state index contributed by atoms with van der Waals surface area (Å²) in [6.45, 7) is 9.51. The number of imidazole rings is 1. The third-order valence-electron chi connectivity index (χ3n) is 5.98. The Kier molecular flexibility index (Phi) is 4.92. The number of aliphatic hydroxyl groups is 1. The minimum Gasteiger partial charge on any atom is -0.460 e. The number of benzene rings is 1. The van der Waals surface area contributed by atoms with Crippen LogP contribution < -0.4 is 9.64 Å². The van der Waals surface area contributed by atoms with Gasteiger partial charge in [0.15, 0.2) is 5.65 Å². The van der Waals surface area contributed by atoms with Crippen LogP contribution in [-0.2, 0) is 0 Å². The van der Waals surface area contributed by atoms with E-state index < -0.39 is 6.29 Å². The Morgan fingerprint density at radius 2 is 2.07 bits per heavy atom.